The minimum absolute atomic E-state index is 0.0563. The van der Waals surface area contributed by atoms with Crippen molar-refractivity contribution in [2.24, 2.45) is 0 Å². The Morgan fingerprint density at radius 3 is 2.69 bits per heavy atom. The summed E-state index contributed by atoms with van der Waals surface area (Å²) in [5.74, 6) is 0.865. The van der Waals surface area contributed by atoms with Crippen molar-refractivity contribution in [2.75, 3.05) is 5.32 Å². The molecule has 0 atom stereocenters. The number of nitrogens with one attached hydrogen (secondary N) is 1. The lowest BCUT2D eigenvalue weighted by atomic mass is 10.1. The molecule has 0 bridgehead atoms. The van der Waals surface area contributed by atoms with Crippen molar-refractivity contribution >= 4 is 5.82 Å². The minimum Gasteiger partial charge on any atom is -0.392 e. The summed E-state index contributed by atoms with van der Waals surface area (Å²) in [6.07, 6.45) is 1.71. The molecule has 0 unspecified atom stereocenters. The van der Waals surface area contributed by atoms with Gasteiger partial charge in [0.15, 0.2) is 0 Å². The zero-order valence-corrected chi connectivity index (χ0v) is 8.33. The summed E-state index contributed by atoms with van der Waals surface area (Å²) in [6, 6.07) is 2.33. The van der Waals surface area contributed by atoms with Crippen LogP contribution >= 0.6 is 0 Å². The summed E-state index contributed by atoms with van der Waals surface area (Å²) in [5, 5.41) is 12.1. The van der Waals surface area contributed by atoms with Crippen LogP contribution in [0.15, 0.2) is 12.3 Å². The molecular formula is C10H16N2O. The molecule has 0 saturated heterocycles. The van der Waals surface area contributed by atoms with Gasteiger partial charge < -0.3 is 10.4 Å². The van der Waals surface area contributed by atoms with Crippen molar-refractivity contribution in [1.82, 2.24) is 4.98 Å². The van der Waals surface area contributed by atoms with Crippen molar-refractivity contribution in [2.45, 2.75) is 33.4 Å². The van der Waals surface area contributed by atoms with Crippen LogP contribution in [0.5, 0.6) is 0 Å². The van der Waals surface area contributed by atoms with Gasteiger partial charge in [0.1, 0.15) is 5.82 Å². The van der Waals surface area contributed by atoms with Crippen LogP contribution < -0.4 is 5.32 Å². The van der Waals surface area contributed by atoms with Gasteiger partial charge in [-0.05, 0) is 38.0 Å². The first kappa shape index (κ1) is 9.99. The largest absolute Gasteiger partial charge is 0.392 e. The van der Waals surface area contributed by atoms with E-state index in [1.807, 2.05) is 13.0 Å². The van der Waals surface area contributed by atoms with Gasteiger partial charge in [0.05, 0.1) is 6.61 Å². The predicted octanol–water partition coefficient (Wildman–Crippen LogP) is 1.70. The van der Waals surface area contributed by atoms with Gasteiger partial charge in [-0.25, -0.2) is 4.98 Å². The van der Waals surface area contributed by atoms with E-state index in [9.17, 15) is 0 Å². The quantitative estimate of drug-likeness (QED) is 0.744. The van der Waals surface area contributed by atoms with Crippen LogP contribution in [0.25, 0.3) is 0 Å². The van der Waals surface area contributed by atoms with E-state index in [4.69, 9.17) is 5.11 Å². The first-order valence-corrected chi connectivity index (χ1v) is 4.46. The molecule has 0 aliphatic heterocycles. The zero-order chi connectivity index (χ0) is 9.84. The SMILES string of the molecule is Cc1cc(NC(C)C)ncc1CO. The van der Waals surface area contributed by atoms with Crippen LogP contribution in [0.4, 0.5) is 5.82 Å². The van der Waals surface area contributed by atoms with E-state index in [-0.39, 0.29) is 6.61 Å². The molecule has 0 aliphatic rings. The van der Waals surface area contributed by atoms with E-state index in [2.05, 4.69) is 24.1 Å². The molecule has 3 heteroatoms. The van der Waals surface area contributed by atoms with Crippen molar-refractivity contribution < 1.29 is 5.11 Å². The van der Waals surface area contributed by atoms with Gasteiger partial charge >= 0.3 is 0 Å². The van der Waals surface area contributed by atoms with E-state index < -0.39 is 0 Å². The van der Waals surface area contributed by atoms with Crippen molar-refractivity contribution in [3.8, 4) is 0 Å². The number of hydrogen-bond donors (Lipinski definition) is 2. The topological polar surface area (TPSA) is 45.2 Å². The molecule has 72 valence electrons. The van der Waals surface area contributed by atoms with E-state index in [1.54, 1.807) is 6.20 Å². The molecule has 0 spiro atoms. The molecular weight excluding hydrogens is 164 g/mol. The number of anilines is 1. The first-order chi connectivity index (χ1) is 6.13. The zero-order valence-electron chi connectivity index (χ0n) is 8.33. The monoisotopic (exact) mass is 180 g/mol. The number of pyridine rings is 1. The fraction of sp³-hybridized carbons (Fsp3) is 0.500. The highest BCUT2D eigenvalue weighted by Crippen LogP contribution is 2.12. The number of aliphatic hydroxyl groups is 1. The van der Waals surface area contributed by atoms with Gasteiger partial charge in [-0.2, -0.15) is 0 Å². The Bertz CT molecular complexity index is 284. The molecule has 2 N–H and O–H groups in total. The van der Waals surface area contributed by atoms with Crippen LogP contribution in [-0.4, -0.2) is 16.1 Å². The number of aryl methyl sites for hydroxylation is 1. The predicted molar refractivity (Wildman–Crippen MR) is 53.7 cm³/mol. The molecule has 1 aromatic rings. The van der Waals surface area contributed by atoms with Crippen LogP contribution in [0.1, 0.15) is 25.0 Å². The van der Waals surface area contributed by atoms with Crippen molar-refractivity contribution in [1.29, 1.82) is 0 Å². The van der Waals surface area contributed by atoms with E-state index in [0.29, 0.717) is 6.04 Å². The Morgan fingerprint density at radius 1 is 1.54 bits per heavy atom. The molecule has 1 rings (SSSR count). The van der Waals surface area contributed by atoms with Crippen molar-refractivity contribution in [3.63, 3.8) is 0 Å². The second kappa shape index (κ2) is 4.23. The molecule has 0 radical (unpaired) electrons. The molecule has 3 nitrogen and oxygen atoms in total. The standard InChI is InChI=1S/C10H16N2O/c1-7(2)12-10-4-8(3)9(6-13)5-11-10/h4-5,7,13H,6H2,1-3H3,(H,11,12). The van der Waals surface area contributed by atoms with Gasteiger partial charge in [-0.3, -0.25) is 0 Å². The molecule has 0 saturated carbocycles. The maximum absolute atomic E-state index is 8.93. The molecule has 0 fully saturated rings. The third-order valence-corrected chi connectivity index (χ3v) is 1.83. The van der Waals surface area contributed by atoms with E-state index in [0.717, 1.165) is 16.9 Å². The maximum Gasteiger partial charge on any atom is 0.126 e. The number of hydrogen-bond acceptors (Lipinski definition) is 3. The molecule has 0 amide bonds. The lowest BCUT2D eigenvalue weighted by molar-refractivity contribution is 0.280. The summed E-state index contributed by atoms with van der Waals surface area (Å²) in [7, 11) is 0. The Balaban J connectivity index is 2.83. The molecule has 0 aliphatic carbocycles. The normalized spacial score (nSPS) is 10.5. The second-order valence-electron chi connectivity index (χ2n) is 3.45. The average Bonchev–Trinajstić information content (AvgIpc) is 2.03. The Morgan fingerprint density at radius 2 is 2.23 bits per heavy atom. The van der Waals surface area contributed by atoms with Gasteiger partial charge in [0.2, 0.25) is 0 Å². The van der Waals surface area contributed by atoms with Gasteiger partial charge in [-0.15, -0.1) is 0 Å². The van der Waals surface area contributed by atoms with Crippen LogP contribution in [0.3, 0.4) is 0 Å². The number of nitrogens with zero attached hydrogens (tertiary/aromatic N) is 1. The molecule has 0 aromatic carbocycles. The fourth-order valence-electron chi connectivity index (χ4n) is 1.12. The highest BCUT2D eigenvalue weighted by atomic mass is 16.3. The summed E-state index contributed by atoms with van der Waals surface area (Å²) in [4.78, 5) is 4.18. The van der Waals surface area contributed by atoms with Crippen molar-refractivity contribution in [3.05, 3.63) is 23.4 Å². The summed E-state index contributed by atoms with van der Waals surface area (Å²) in [6.45, 7) is 6.16. The second-order valence-corrected chi connectivity index (χ2v) is 3.45. The Hall–Kier alpha value is -1.09. The fourth-order valence-corrected chi connectivity index (χ4v) is 1.12. The Labute approximate surface area is 78.8 Å². The van der Waals surface area contributed by atoms with Crippen LogP contribution in [0, 0.1) is 6.92 Å². The third kappa shape index (κ3) is 2.70. The van der Waals surface area contributed by atoms with Crippen LogP contribution in [0.2, 0.25) is 0 Å². The number of aromatic nitrogens is 1. The van der Waals surface area contributed by atoms with E-state index in [1.165, 1.54) is 0 Å². The minimum atomic E-state index is 0.0563. The Kier molecular flexibility index (Phi) is 3.25. The molecule has 13 heavy (non-hydrogen) atoms. The first-order valence-electron chi connectivity index (χ1n) is 4.46. The highest BCUT2D eigenvalue weighted by molar-refractivity contribution is 5.40. The lowest BCUT2D eigenvalue weighted by Crippen LogP contribution is -2.11. The molecule has 1 heterocycles. The highest BCUT2D eigenvalue weighted by Gasteiger charge is 2.00. The maximum atomic E-state index is 8.93. The lowest BCUT2D eigenvalue weighted by Gasteiger charge is -2.10. The van der Waals surface area contributed by atoms with Crippen LogP contribution in [-0.2, 0) is 6.61 Å². The summed E-state index contributed by atoms with van der Waals surface area (Å²) in [5.41, 5.74) is 1.95. The van der Waals surface area contributed by atoms with Gasteiger partial charge in [0, 0.05) is 12.2 Å². The number of aliphatic hydroxyl groups excluding tert-OH is 1. The number of rotatable bonds is 3. The van der Waals surface area contributed by atoms with Gasteiger partial charge in [0.25, 0.3) is 0 Å². The third-order valence-electron chi connectivity index (χ3n) is 1.83. The smallest absolute Gasteiger partial charge is 0.126 e. The average molecular weight is 180 g/mol. The van der Waals surface area contributed by atoms with E-state index >= 15 is 0 Å². The van der Waals surface area contributed by atoms with Gasteiger partial charge in [-0.1, -0.05) is 0 Å². The molecule has 1 aromatic heterocycles. The summed E-state index contributed by atoms with van der Waals surface area (Å²) >= 11 is 0. The summed E-state index contributed by atoms with van der Waals surface area (Å²) < 4.78 is 0.